The first kappa shape index (κ1) is 14.5. The number of rotatable bonds is 5. The van der Waals surface area contributed by atoms with Crippen LogP contribution in [0.3, 0.4) is 0 Å². The van der Waals surface area contributed by atoms with Gasteiger partial charge in [-0.15, -0.1) is 0 Å². The monoisotopic (exact) mass is 389 g/mol. The van der Waals surface area contributed by atoms with E-state index in [0.717, 1.165) is 11.1 Å². The van der Waals surface area contributed by atoms with Crippen LogP contribution in [0, 0.1) is 0 Å². The number of benzene rings is 2. The first-order chi connectivity index (χ1) is 8.77. The van der Waals surface area contributed by atoms with E-state index in [1.165, 1.54) is 10.6 Å². The topological polar surface area (TPSA) is 0 Å². The predicted octanol–water partition coefficient (Wildman–Crippen LogP) is 4.46. The van der Waals surface area contributed by atoms with Crippen LogP contribution in [0.1, 0.15) is 0 Å². The Morgan fingerprint density at radius 1 is 0.778 bits per heavy atom. The van der Waals surface area contributed by atoms with Crippen LogP contribution in [0.4, 0.5) is 0 Å². The minimum atomic E-state index is -1.32. The summed E-state index contributed by atoms with van der Waals surface area (Å²) in [6.45, 7) is 0. The van der Waals surface area contributed by atoms with Crippen molar-refractivity contribution < 1.29 is 14.7 Å². The fraction of sp³-hybridized carbons (Fsp3) is 0.143. The van der Waals surface area contributed by atoms with E-state index < -0.39 is 14.7 Å². The molecule has 0 atom stereocenters. The molecule has 0 saturated heterocycles. The Balaban J connectivity index is 2.24. The van der Waals surface area contributed by atoms with Gasteiger partial charge in [-0.25, -0.2) is 0 Å². The molecule has 0 bridgehead atoms. The van der Waals surface area contributed by atoms with Crippen molar-refractivity contribution in [1.82, 2.24) is 0 Å². The third kappa shape index (κ3) is 4.34. The number of hydrogen-bond acceptors (Lipinski definition) is 0. The van der Waals surface area contributed by atoms with Crippen LogP contribution in [0.15, 0.2) is 60.7 Å². The standard InChI is InChI=1S/C14H14P.2ClH.Pd/c1-2-15(13-9-5-3-6-10-13)14-11-7-4-8-12-14;;;/h3-12H,1-2H2;2*1H;/q;;;+2/p-2. The SMILES string of the molecule is [Cl][Pd]([Cl])[CH2]CP(c1ccccc1)c1ccccc1. The first-order valence-corrected chi connectivity index (χ1v) is 12.2. The molecule has 0 unspecified atom stereocenters. The zero-order valence-corrected chi connectivity index (χ0v) is 13.7. The summed E-state index contributed by atoms with van der Waals surface area (Å²) in [5.74, 6) is 0. The Morgan fingerprint density at radius 2 is 1.22 bits per heavy atom. The van der Waals surface area contributed by atoms with Crippen LogP contribution in [0.2, 0.25) is 4.89 Å². The van der Waals surface area contributed by atoms with Crippen molar-refractivity contribution in [2.75, 3.05) is 6.16 Å². The van der Waals surface area contributed by atoms with Gasteiger partial charge in [0, 0.05) is 0 Å². The summed E-state index contributed by atoms with van der Waals surface area (Å²) in [4.78, 5) is 0.949. The van der Waals surface area contributed by atoms with Gasteiger partial charge in [-0.2, -0.15) is 0 Å². The zero-order valence-electron chi connectivity index (χ0n) is 9.71. The molecular weight excluding hydrogens is 376 g/mol. The summed E-state index contributed by atoms with van der Waals surface area (Å²) >= 11 is -1.32. The fourth-order valence-corrected chi connectivity index (χ4v) is 7.60. The molecule has 2 rings (SSSR count). The molecule has 0 nitrogen and oxygen atoms in total. The van der Waals surface area contributed by atoms with Gasteiger partial charge in [0.2, 0.25) is 0 Å². The number of hydrogen-bond donors (Lipinski definition) is 0. The van der Waals surface area contributed by atoms with Crippen LogP contribution >= 0.6 is 27.0 Å². The van der Waals surface area contributed by atoms with Gasteiger partial charge in [-0.1, -0.05) is 0 Å². The Labute approximate surface area is 123 Å². The van der Waals surface area contributed by atoms with E-state index in [2.05, 4.69) is 60.7 Å². The molecule has 4 heteroatoms. The first-order valence-electron chi connectivity index (χ1n) is 5.55. The molecule has 0 aliphatic rings. The Kier molecular flexibility index (Phi) is 6.16. The molecule has 18 heavy (non-hydrogen) atoms. The summed E-state index contributed by atoms with van der Waals surface area (Å²) in [5, 5.41) is 2.80. The van der Waals surface area contributed by atoms with Crippen molar-refractivity contribution >= 4 is 37.6 Å². The molecule has 0 aliphatic heterocycles. The molecule has 0 radical (unpaired) electrons. The maximum absolute atomic E-state index is 5.99. The molecule has 99 valence electrons. The second-order valence-electron chi connectivity index (χ2n) is 3.70. The van der Waals surface area contributed by atoms with Crippen LogP contribution < -0.4 is 10.6 Å². The van der Waals surface area contributed by atoms with Crippen molar-refractivity contribution in [3.05, 3.63) is 60.7 Å². The molecule has 0 aliphatic carbocycles. The van der Waals surface area contributed by atoms with Gasteiger partial charge in [0.15, 0.2) is 0 Å². The van der Waals surface area contributed by atoms with E-state index in [-0.39, 0.29) is 7.92 Å². The van der Waals surface area contributed by atoms with E-state index in [4.69, 9.17) is 19.1 Å². The van der Waals surface area contributed by atoms with E-state index in [1.54, 1.807) is 0 Å². The van der Waals surface area contributed by atoms with Crippen molar-refractivity contribution in [1.29, 1.82) is 0 Å². The molecule has 0 fully saturated rings. The number of halogens is 2. The fourth-order valence-electron chi connectivity index (χ4n) is 1.75. The molecule has 0 amide bonds. The molecule has 0 aromatic heterocycles. The third-order valence-electron chi connectivity index (χ3n) is 2.55. The normalized spacial score (nSPS) is 11.6. The summed E-state index contributed by atoms with van der Waals surface area (Å²) in [5.41, 5.74) is 0. The second-order valence-corrected chi connectivity index (χ2v) is 12.0. The molecule has 0 spiro atoms. The van der Waals surface area contributed by atoms with Crippen molar-refractivity contribution in [3.8, 4) is 0 Å². The van der Waals surface area contributed by atoms with Gasteiger partial charge in [0.05, 0.1) is 0 Å². The molecule has 0 N–H and O–H groups in total. The van der Waals surface area contributed by atoms with Crippen LogP contribution in [0.25, 0.3) is 0 Å². The van der Waals surface area contributed by atoms with Gasteiger partial charge < -0.3 is 0 Å². The van der Waals surface area contributed by atoms with E-state index in [0.29, 0.717) is 0 Å². The summed E-state index contributed by atoms with van der Waals surface area (Å²) in [6.07, 6.45) is 1.08. The van der Waals surface area contributed by atoms with Gasteiger partial charge in [-0.05, 0) is 0 Å². The minimum absolute atomic E-state index is 0.323. The van der Waals surface area contributed by atoms with Crippen molar-refractivity contribution in [3.63, 3.8) is 0 Å². The van der Waals surface area contributed by atoms with Crippen LogP contribution in [-0.2, 0) is 14.7 Å². The van der Waals surface area contributed by atoms with Crippen molar-refractivity contribution in [2.45, 2.75) is 4.89 Å². The third-order valence-corrected chi connectivity index (χ3v) is 8.03. The maximum atomic E-state index is 5.99. The second kappa shape index (κ2) is 7.64. The molecule has 0 saturated carbocycles. The van der Waals surface area contributed by atoms with E-state index in [1.807, 2.05) is 0 Å². The average Bonchev–Trinajstić information content (AvgIpc) is 2.41. The van der Waals surface area contributed by atoms with E-state index in [9.17, 15) is 0 Å². The van der Waals surface area contributed by atoms with Crippen LogP contribution in [-0.4, -0.2) is 6.16 Å². The quantitative estimate of drug-likeness (QED) is 0.522. The Morgan fingerprint density at radius 3 is 1.61 bits per heavy atom. The Hall–Kier alpha value is 0.112. The van der Waals surface area contributed by atoms with Gasteiger partial charge in [0.1, 0.15) is 0 Å². The average molecular weight is 391 g/mol. The van der Waals surface area contributed by atoms with Crippen molar-refractivity contribution in [2.24, 2.45) is 0 Å². The summed E-state index contributed by atoms with van der Waals surface area (Å²) < 4.78 is 0. The molecule has 2 aromatic rings. The van der Waals surface area contributed by atoms with E-state index >= 15 is 0 Å². The summed E-state index contributed by atoms with van der Waals surface area (Å²) in [7, 11) is 11.7. The van der Waals surface area contributed by atoms with Gasteiger partial charge in [0.25, 0.3) is 0 Å². The molecule has 2 aromatic carbocycles. The summed E-state index contributed by atoms with van der Waals surface area (Å²) in [6, 6.07) is 21.3. The predicted molar refractivity (Wildman–Crippen MR) is 80.5 cm³/mol. The molecular formula is C14H14Cl2PPd. The van der Waals surface area contributed by atoms with Gasteiger partial charge >= 0.3 is 124 Å². The Bertz CT molecular complexity index is 422. The van der Waals surface area contributed by atoms with Gasteiger partial charge in [-0.3, -0.25) is 0 Å². The zero-order chi connectivity index (χ0) is 12.8. The molecule has 0 heterocycles. The van der Waals surface area contributed by atoms with Crippen LogP contribution in [0.5, 0.6) is 0 Å².